The summed E-state index contributed by atoms with van der Waals surface area (Å²) in [4.78, 5) is -0.614. The number of hydrogen-bond donors (Lipinski definition) is 0. The molecule has 0 fully saturated rings. The van der Waals surface area contributed by atoms with Crippen LogP contribution in [0.15, 0.2) is 30.3 Å². The summed E-state index contributed by atoms with van der Waals surface area (Å²) >= 11 is 3.36. The third-order valence-electron chi connectivity index (χ3n) is 3.27. The molecule has 0 saturated heterocycles. The molecule has 0 N–H and O–H groups in total. The van der Waals surface area contributed by atoms with Gasteiger partial charge in [-0.3, -0.25) is 0 Å². The summed E-state index contributed by atoms with van der Waals surface area (Å²) in [6, 6.07) is 7.77. The van der Waals surface area contributed by atoms with E-state index in [1.165, 1.54) is 26.4 Å². The fourth-order valence-electron chi connectivity index (χ4n) is 2.10. The first-order valence-corrected chi connectivity index (χ1v) is 7.21. The van der Waals surface area contributed by atoms with E-state index in [0.717, 1.165) is 0 Å². The molecule has 21 heavy (non-hydrogen) atoms. The highest BCUT2D eigenvalue weighted by Gasteiger charge is 2.21. The molecular weight excluding hydrogens is 342 g/mol. The first-order chi connectivity index (χ1) is 9.99. The number of alkyl halides is 1. The second-order valence-corrected chi connectivity index (χ2v) is 5.49. The van der Waals surface area contributed by atoms with E-state index in [4.69, 9.17) is 9.47 Å². The molecule has 0 aromatic heterocycles. The van der Waals surface area contributed by atoms with Gasteiger partial charge in [0.25, 0.3) is 0 Å². The Morgan fingerprint density at radius 1 is 1.00 bits per heavy atom. The van der Waals surface area contributed by atoms with E-state index in [0.29, 0.717) is 22.6 Å². The van der Waals surface area contributed by atoms with Crippen LogP contribution in [0.1, 0.15) is 21.5 Å². The molecule has 0 bridgehead atoms. The molecule has 5 heteroatoms. The van der Waals surface area contributed by atoms with Crippen LogP contribution in [0, 0.1) is 18.6 Å². The minimum atomic E-state index is -0.614. The molecule has 0 amide bonds. The number of hydrogen-bond acceptors (Lipinski definition) is 2. The van der Waals surface area contributed by atoms with Gasteiger partial charge in [-0.2, -0.15) is 0 Å². The van der Waals surface area contributed by atoms with Crippen LogP contribution in [-0.4, -0.2) is 14.2 Å². The summed E-state index contributed by atoms with van der Waals surface area (Å²) in [5.41, 5.74) is 1.18. The first-order valence-electron chi connectivity index (χ1n) is 6.30. The minimum Gasteiger partial charge on any atom is -0.493 e. The van der Waals surface area contributed by atoms with Crippen molar-refractivity contribution in [3.63, 3.8) is 0 Å². The number of halogens is 3. The lowest BCUT2D eigenvalue weighted by Crippen LogP contribution is -2.02. The highest BCUT2D eigenvalue weighted by atomic mass is 79.9. The van der Waals surface area contributed by atoms with E-state index < -0.39 is 10.6 Å². The molecule has 2 aromatic rings. The summed E-state index contributed by atoms with van der Waals surface area (Å²) in [5, 5.41) is 0. The second-order valence-electron chi connectivity index (χ2n) is 4.57. The molecule has 2 rings (SSSR count). The average molecular weight is 357 g/mol. The van der Waals surface area contributed by atoms with Gasteiger partial charge < -0.3 is 9.47 Å². The SMILES string of the molecule is COc1cc(F)c(C(Br)c2cccc(C)c2F)cc1OC. The van der Waals surface area contributed by atoms with Crippen molar-refractivity contribution in [3.8, 4) is 11.5 Å². The largest absolute Gasteiger partial charge is 0.493 e. The van der Waals surface area contributed by atoms with Gasteiger partial charge in [-0.25, -0.2) is 8.78 Å². The monoisotopic (exact) mass is 356 g/mol. The number of rotatable bonds is 4. The number of ether oxygens (including phenoxy) is 2. The van der Waals surface area contributed by atoms with E-state index in [2.05, 4.69) is 15.9 Å². The molecule has 0 aliphatic heterocycles. The van der Waals surface area contributed by atoms with E-state index in [-0.39, 0.29) is 11.4 Å². The van der Waals surface area contributed by atoms with Gasteiger partial charge in [-0.05, 0) is 18.6 Å². The molecule has 0 heterocycles. The quantitative estimate of drug-likeness (QED) is 0.734. The molecule has 0 spiro atoms. The van der Waals surface area contributed by atoms with Crippen molar-refractivity contribution >= 4 is 15.9 Å². The van der Waals surface area contributed by atoms with Gasteiger partial charge in [-0.15, -0.1) is 0 Å². The Bertz CT molecular complexity index is 659. The maximum atomic E-state index is 14.2. The Balaban J connectivity index is 2.53. The Kier molecular flexibility index (Phi) is 4.83. The van der Waals surface area contributed by atoms with Crippen LogP contribution in [0.25, 0.3) is 0 Å². The summed E-state index contributed by atoms with van der Waals surface area (Å²) in [5.74, 6) is -0.154. The van der Waals surface area contributed by atoms with Gasteiger partial charge in [0.15, 0.2) is 11.5 Å². The van der Waals surface area contributed by atoms with Crippen molar-refractivity contribution in [1.82, 2.24) is 0 Å². The van der Waals surface area contributed by atoms with E-state index >= 15 is 0 Å². The maximum Gasteiger partial charge on any atom is 0.163 e. The fourth-order valence-corrected chi connectivity index (χ4v) is 2.80. The van der Waals surface area contributed by atoms with Crippen molar-refractivity contribution < 1.29 is 18.3 Å². The fraction of sp³-hybridized carbons (Fsp3) is 0.250. The lowest BCUT2D eigenvalue weighted by molar-refractivity contribution is 0.351. The van der Waals surface area contributed by atoms with Crippen LogP contribution in [0.2, 0.25) is 0 Å². The van der Waals surface area contributed by atoms with Crippen molar-refractivity contribution in [2.24, 2.45) is 0 Å². The summed E-state index contributed by atoms with van der Waals surface area (Å²) in [6.07, 6.45) is 0. The van der Waals surface area contributed by atoms with Crippen molar-refractivity contribution in [3.05, 3.63) is 58.7 Å². The van der Waals surface area contributed by atoms with Crippen molar-refractivity contribution in [2.75, 3.05) is 14.2 Å². The molecule has 0 aliphatic carbocycles. The Morgan fingerprint density at radius 2 is 1.62 bits per heavy atom. The molecule has 0 radical (unpaired) electrons. The normalized spacial score (nSPS) is 12.1. The lowest BCUT2D eigenvalue weighted by Gasteiger charge is -2.16. The van der Waals surface area contributed by atoms with Gasteiger partial charge in [0.1, 0.15) is 11.6 Å². The summed E-state index contributed by atoms with van der Waals surface area (Å²) < 4.78 is 38.6. The van der Waals surface area contributed by atoms with Gasteiger partial charge in [0, 0.05) is 17.2 Å². The average Bonchev–Trinajstić information content (AvgIpc) is 2.49. The number of benzene rings is 2. The van der Waals surface area contributed by atoms with Gasteiger partial charge in [0.05, 0.1) is 19.0 Å². The first kappa shape index (κ1) is 15.8. The van der Waals surface area contributed by atoms with Crippen molar-refractivity contribution in [1.29, 1.82) is 0 Å². The molecular formula is C16H15BrF2O2. The van der Waals surface area contributed by atoms with Crippen LogP contribution in [-0.2, 0) is 0 Å². The van der Waals surface area contributed by atoms with Crippen LogP contribution in [0.3, 0.4) is 0 Å². The predicted octanol–water partition coefficient (Wildman–Crippen LogP) is 4.77. The molecule has 1 unspecified atom stereocenters. The minimum absolute atomic E-state index is 0.289. The van der Waals surface area contributed by atoms with Crippen LogP contribution >= 0.6 is 15.9 Å². The molecule has 2 aromatic carbocycles. The highest BCUT2D eigenvalue weighted by Crippen LogP contribution is 2.39. The topological polar surface area (TPSA) is 18.5 Å². The standard InChI is InChI=1S/C16H15BrF2O2/c1-9-5-4-6-10(16(9)19)15(17)11-7-13(20-2)14(21-3)8-12(11)18/h4-8,15H,1-3H3. The summed E-state index contributed by atoms with van der Waals surface area (Å²) in [7, 11) is 2.90. The zero-order valence-electron chi connectivity index (χ0n) is 11.9. The third kappa shape index (κ3) is 3.02. The van der Waals surface area contributed by atoms with Crippen LogP contribution in [0.4, 0.5) is 8.78 Å². The lowest BCUT2D eigenvalue weighted by atomic mass is 10.0. The molecule has 2 nitrogen and oxygen atoms in total. The van der Waals surface area contributed by atoms with Crippen LogP contribution < -0.4 is 9.47 Å². The Morgan fingerprint density at radius 3 is 2.24 bits per heavy atom. The predicted molar refractivity (Wildman–Crippen MR) is 81.4 cm³/mol. The zero-order valence-corrected chi connectivity index (χ0v) is 13.5. The number of aryl methyl sites for hydroxylation is 1. The van der Waals surface area contributed by atoms with Crippen molar-refractivity contribution in [2.45, 2.75) is 11.8 Å². The molecule has 112 valence electrons. The zero-order chi connectivity index (χ0) is 15.6. The summed E-state index contributed by atoms with van der Waals surface area (Å²) in [6.45, 7) is 1.67. The van der Waals surface area contributed by atoms with Crippen LogP contribution in [0.5, 0.6) is 11.5 Å². The molecule has 1 atom stereocenters. The maximum absolute atomic E-state index is 14.2. The van der Waals surface area contributed by atoms with E-state index in [1.807, 2.05) is 0 Å². The van der Waals surface area contributed by atoms with Gasteiger partial charge in [-0.1, -0.05) is 34.1 Å². The third-order valence-corrected chi connectivity index (χ3v) is 4.26. The van der Waals surface area contributed by atoms with Gasteiger partial charge >= 0.3 is 0 Å². The molecule has 0 aliphatic rings. The smallest absolute Gasteiger partial charge is 0.163 e. The van der Waals surface area contributed by atoms with E-state index in [9.17, 15) is 8.78 Å². The molecule has 0 saturated carbocycles. The van der Waals surface area contributed by atoms with E-state index in [1.54, 1.807) is 25.1 Å². The Labute approximate surface area is 130 Å². The van der Waals surface area contributed by atoms with Gasteiger partial charge in [0.2, 0.25) is 0 Å². The Hall–Kier alpha value is -1.62. The highest BCUT2D eigenvalue weighted by molar-refractivity contribution is 9.09. The second kappa shape index (κ2) is 6.43. The number of methoxy groups -OCH3 is 2.